The first kappa shape index (κ1) is 34.0. The number of aromatic hydroxyl groups is 1. The third-order valence-corrected chi connectivity index (χ3v) is 12.1. The molecule has 3 fully saturated rings. The highest BCUT2D eigenvalue weighted by Crippen LogP contribution is 2.27. The Bertz CT molecular complexity index is 1600. The summed E-state index contributed by atoms with van der Waals surface area (Å²) in [5, 5.41) is 13.3. The van der Waals surface area contributed by atoms with Crippen LogP contribution in [0.4, 0.5) is 15.3 Å². The van der Waals surface area contributed by atoms with Crippen molar-refractivity contribution in [2.45, 2.75) is 70.6 Å². The number of amides is 4. The number of piperidine rings is 2. The number of benzene rings is 2. The molecule has 3 saturated heterocycles. The fourth-order valence-electron chi connectivity index (χ4n) is 7.60. The van der Waals surface area contributed by atoms with Gasteiger partial charge in [0, 0.05) is 70.0 Å². The van der Waals surface area contributed by atoms with Gasteiger partial charge in [-0.05, 0) is 74.3 Å². The van der Waals surface area contributed by atoms with Crippen molar-refractivity contribution in [2.24, 2.45) is 0 Å². The van der Waals surface area contributed by atoms with Gasteiger partial charge in [-0.25, -0.2) is 18.0 Å². The Morgan fingerprint density at radius 3 is 2.17 bits per heavy atom. The van der Waals surface area contributed by atoms with E-state index in [9.17, 15) is 27.9 Å². The van der Waals surface area contributed by atoms with Crippen LogP contribution in [0.25, 0.3) is 0 Å². The van der Waals surface area contributed by atoms with E-state index in [1.165, 1.54) is 0 Å². The number of para-hydroxylation sites is 1. The Kier molecular flexibility index (Phi) is 10.2. The summed E-state index contributed by atoms with van der Waals surface area (Å²) in [5.74, 6) is 0.303. The first-order chi connectivity index (χ1) is 23.0. The largest absolute Gasteiger partial charge is 0.507 e. The fraction of sp³-hybridized carbons (Fsp3) is 0.571. The number of fused-ring (bicyclic) bond motifs is 1. The maximum absolute atomic E-state index is 14.0. The average molecular weight is 682 g/mol. The Hall–Kier alpha value is -3.84. The van der Waals surface area contributed by atoms with Gasteiger partial charge in [0.2, 0.25) is 0 Å². The number of carbonyl (C=O) groups is 3. The third-order valence-electron chi connectivity index (χ3n) is 10.5. The molecule has 1 atom stereocenters. The summed E-state index contributed by atoms with van der Waals surface area (Å²) >= 11 is 0. The van der Waals surface area contributed by atoms with Crippen molar-refractivity contribution in [3.05, 3.63) is 58.7 Å². The van der Waals surface area contributed by atoms with Crippen molar-refractivity contribution in [1.82, 2.24) is 19.6 Å². The predicted octanol–water partition coefficient (Wildman–Crippen LogP) is 3.33. The Morgan fingerprint density at radius 2 is 1.50 bits per heavy atom. The topological polar surface area (TPSA) is 140 Å². The van der Waals surface area contributed by atoms with E-state index in [1.54, 1.807) is 23.6 Å². The van der Waals surface area contributed by atoms with Gasteiger partial charge >= 0.3 is 12.1 Å². The monoisotopic (exact) mass is 681 g/mol. The number of likely N-dealkylation sites (tertiary alicyclic amines) is 2. The molecule has 48 heavy (non-hydrogen) atoms. The van der Waals surface area contributed by atoms with Gasteiger partial charge in [-0.1, -0.05) is 30.3 Å². The molecule has 0 aliphatic carbocycles. The molecular formula is C35H47N5O7S. The molecule has 2 N–H and O–H groups in total. The second-order valence-corrected chi connectivity index (χ2v) is 16.0. The minimum absolute atomic E-state index is 0.00922. The van der Waals surface area contributed by atoms with Crippen molar-refractivity contribution in [1.29, 1.82) is 0 Å². The highest BCUT2D eigenvalue weighted by molar-refractivity contribution is 7.91. The second-order valence-electron chi connectivity index (χ2n) is 13.6. The van der Waals surface area contributed by atoms with E-state index in [0.29, 0.717) is 69.8 Å². The summed E-state index contributed by atoms with van der Waals surface area (Å²) < 4.78 is 29.8. The molecule has 0 spiro atoms. The van der Waals surface area contributed by atoms with Crippen LogP contribution in [0.2, 0.25) is 0 Å². The minimum atomic E-state index is -2.97. The van der Waals surface area contributed by atoms with Crippen molar-refractivity contribution < 1.29 is 32.6 Å². The van der Waals surface area contributed by atoms with Crippen LogP contribution in [-0.4, -0.2) is 127 Å². The van der Waals surface area contributed by atoms with Crippen molar-refractivity contribution in [2.75, 3.05) is 62.6 Å². The molecule has 4 aliphatic rings. The standard InChI is InChI=1S/C35H47N5O7S/c1-24-21-26(22-25(2)32(24)41)23-31(33(42)38-12-8-28(9-13-38)37-17-19-48(45,46)20-18-37)47-35(44)39-14-10-29(11-15-39)40-16-7-27-5-3-4-6-30(27)36-34(40)43/h3-6,21-22,28-29,31,41H,7-20,23H2,1-2H3,(H,36,43). The molecule has 13 heteroatoms. The SMILES string of the molecule is Cc1cc(CC(OC(=O)N2CCC(N3CCc4ccccc4NC3=O)CC2)C(=O)N2CCC(N3CCS(=O)(=O)CC3)CC2)cc(C)c1O. The van der Waals surface area contributed by atoms with Crippen LogP contribution in [0.5, 0.6) is 5.75 Å². The number of phenols is 1. The highest BCUT2D eigenvalue weighted by Gasteiger charge is 2.37. The molecular weight excluding hydrogens is 634 g/mol. The molecule has 260 valence electrons. The predicted molar refractivity (Wildman–Crippen MR) is 182 cm³/mol. The van der Waals surface area contributed by atoms with Gasteiger partial charge < -0.3 is 29.9 Å². The molecule has 12 nitrogen and oxygen atoms in total. The van der Waals surface area contributed by atoms with E-state index < -0.39 is 22.0 Å². The number of anilines is 1. The molecule has 0 bridgehead atoms. The number of nitrogens with zero attached hydrogens (tertiary/aromatic N) is 4. The van der Waals surface area contributed by atoms with E-state index in [4.69, 9.17) is 4.74 Å². The lowest BCUT2D eigenvalue weighted by Crippen LogP contribution is -2.54. The molecule has 1 unspecified atom stereocenters. The first-order valence-corrected chi connectivity index (χ1v) is 18.9. The molecule has 2 aromatic rings. The number of rotatable bonds is 6. The smallest absolute Gasteiger partial charge is 0.410 e. The number of hydrogen-bond acceptors (Lipinski definition) is 8. The van der Waals surface area contributed by atoms with E-state index in [0.717, 1.165) is 36.1 Å². The Morgan fingerprint density at radius 1 is 0.896 bits per heavy atom. The Labute approximate surface area is 282 Å². The average Bonchev–Trinajstić information content (AvgIpc) is 3.24. The molecule has 4 aliphatic heterocycles. The van der Waals surface area contributed by atoms with Crippen molar-refractivity contribution >= 4 is 33.6 Å². The van der Waals surface area contributed by atoms with Crippen LogP contribution in [0.15, 0.2) is 36.4 Å². The van der Waals surface area contributed by atoms with E-state index >= 15 is 0 Å². The van der Waals surface area contributed by atoms with Gasteiger partial charge in [-0.3, -0.25) is 9.69 Å². The van der Waals surface area contributed by atoms with Crippen LogP contribution in [0, 0.1) is 13.8 Å². The molecule has 0 radical (unpaired) electrons. The maximum Gasteiger partial charge on any atom is 0.410 e. The lowest BCUT2D eigenvalue weighted by atomic mass is 9.99. The third kappa shape index (κ3) is 7.72. The van der Waals surface area contributed by atoms with Crippen LogP contribution >= 0.6 is 0 Å². The number of hydrogen-bond donors (Lipinski definition) is 2. The maximum atomic E-state index is 14.0. The zero-order valence-electron chi connectivity index (χ0n) is 27.9. The van der Waals surface area contributed by atoms with Crippen molar-refractivity contribution in [3.8, 4) is 5.75 Å². The summed E-state index contributed by atoms with van der Waals surface area (Å²) in [6.07, 6.45) is 2.04. The van der Waals surface area contributed by atoms with Gasteiger partial charge in [-0.2, -0.15) is 0 Å². The fourth-order valence-corrected chi connectivity index (χ4v) is 8.83. The lowest BCUT2D eigenvalue weighted by molar-refractivity contribution is -0.142. The summed E-state index contributed by atoms with van der Waals surface area (Å²) in [6, 6.07) is 11.6. The number of sulfone groups is 1. The number of ether oxygens (including phenoxy) is 1. The van der Waals surface area contributed by atoms with E-state index in [2.05, 4.69) is 10.2 Å². The number of urea groups is 1. The summed E-state index contributed by atoms with van der Waals surface area (Å²) in [6.45, 7) is 7.08. The summed E-state index contributed by atoms with van der Waals surface area (Å²) in [4.78, 5) is 48.1. The van der Waals surface area contributed by atoms with E-state index in [-0.39, 0.29) is 47.7 Å². The zero-order valence-corrected chi connectivity index (χ0v) is 28.7. The van der Waals surface area contributed by atoms with Crippen LogP contribution < -0.4 is 5.32 Å². The summed E-state index contributed by atoms with van der Waals surface area (Å²) in [5.41, 5.74) is 4.12. The highest BCUT2D eigenvalue weighted by atomic mass is 32.2. The normalized spacial score (nSPS) is 21.6. The van der Waals surface area contributed by atoms with Gasteiger partial charge in [0.05, 0.1) is 11.5 Å². The molecule has 0 saturated carbocycles. The number of phenolic OH excluding ortho intramolecular Hbond substituents is 1. The van der Waals surface area contributed by atoms with Gasteiger partial charge in [0.25, 0.3) is 5.91 Å². The number of nitrogens with one attached hydrogen (secondary N) is 1. The van der Waals surface area contributed by atoms with Gasteiger partial charge in [0.15, 0.2) is 15.9 Å². The molecule has 6 rings (SSSR count). The molecule has 4 heterocycles. The second kappa shape index (κ2) is 14.3. The quantitative estimate of drug-likeness (QED) is 0.474. The van der Waals surface area contributed by atoms with Crippen molar-refractivity contribution in [3.63, 3.8) is 0 Å². The molecule has 0 aromatic heterocycles. The first-order valence-electron chi connectivity index (χ1n) is 17.1. The minimum Gasteiger partial charge on any atom is -0.507 e. The van der Waals surface area contributed by atoms with Crippen LogP contribution in [0.3, 0.4) is 0 Å². The van der Waals surface area contributed by atoms with Gasteiger partial charge in [0.1, 0.15) is 5.75 Å². The van der Waals surface area contributed by atoms with Gasteiger partial charge in [-0.15, -0.1) is 0 Å². The molecule has 2 aromatic carbocycles. The van der Waals surface area contributed by atoms with E-state index in [1.807, 2.05) is 41.3 Å². The lowest BCUT2D eigenvalue weighted by Gasteiger charge is -2.41. The van der Waals surface area contributed by atoms with Crippen LogP contribution in [0.1, 0.15) is 47.9 Å². The zero-order chi connectivity index (χ0) is 34.0. The van der Waals surface area contributed by atoms with Crippen LogP contribution in [-0.2, 0) is 32.2 Å². The number of carbonyl (C=O) groups excluding carboxylic acids is 3. The molecule has 4 amide bonds. The Balaban J connectivity index is 1.08. The summed E-state index contributed by atoms with van der Waals surface area (Å²) in [7, 11) is -2.97. The number of aryl methyl sites for hydroxylation is 2.